The Morgan fingerprint density at radius 3 is 2.68 bits per heavy atom. The van der Waals surface area contributed by atoms with E-state index in [2.05, 4.69) is 10.6 Å². The molecule has 1 aliphatic heterocycles. The van der Waals surface area contributed by atoms with Gasteiger partial charge in [0.1, 0.15) is 5.82 Å². The van der Waals surface area contributed by atoms with Crippen LogP contribution in [0.15, 0.2) is 24.3 Å². The number of nitrogens with one attached hydrogen (secondary N) is 2. The fourth-order valence-corrected chi connectivity index (χ4v) is 3.35. The van der Waals surface area contributed by atoms with Gasteiger partial charge in [-0.3, -0.25) is 9.59 Å². The summed E-state index contributed by atoms with van der Waals surface area (Å²) in [5.74, 6) is -1.03. The Morgan fingerprint density at radius 2 is 2.00 bits per heavy atom. The molecule has 0 saturated heterocycles. The van der Waals surface area contributed by atoms with Gasteiger partial charge in [-0.25, -0.2) is 4.39 Å². The van der Waals surface area contributed by atoms with E-state index in [0.717, 1.165) is 34.2 Å². The monoisotopic (exact) mass is 340 g/mol. The van der Waals surface area contributed by atoms with E-state index >= 15 is 0 Å². The lowest BCUT2D eigenvalue weighted by Crippen LogP contribution is -2.32. The quantitative estimate of drug-likeness (QED) is 0.902. The summed E-state index contributed by atoms with van der Waals surface area (Å²) in [5, 5.41) is 5.29. The van der Waals surface area contributed by atoms with Crippen LogP contribution in [0.4, 0.5) is 4.39 Å². The zero-order valence-corrected chi connectivity index (χ0v) is 14.6. The molecule has 0 atom stereocenters. The van der Waals surface area contributed by atoms with Crippen LogP contribution in [0.1, 0.15) is 48.5 Å². The molecular weight excluding hydrogens is 319 g/mol. The number of amides is 2. The van der Waals surface area contributed by atoms with Crippen LogP contribution in [0, 0.1) is 19.7 Å². The predicted octanol–water partition coefficient (Wildman–Crippen LogP) is 2.68. The number of benzene rings is 2. The first-order chi connectivity index (χ1) is 11.9. The smallest absolute Gasteiger partial charge is 0.253 e. The van der Waals surface area contributed by atoms with Crippen molar-refractivity contribution < 1.29 is 14.0 Å². The molecule has 0 fully saturated rings. The van der Waals surface area contributed by atoms with Crippen molar-refractivity contribution in [2.45, 2.75) is 26.7 Å². The van der Waals surface area contributed by atoms with Crippen molar-refractivity contribution in [3.8, 4) is 0 Å². The highest BCUT2D eigenvalue weighted by Crippen LogP contribution is 2.27. The van der Waals surface area contributed by atoms with Crippen LogP contribution in [-0.2, 0) is 12.8 Å². The molecule has 1 heterocycles. The Kier molecular flexibility index (Phi) is 4.57. The van der Waals surface area contributed by atoms with Crippen molar-refractivity contribution in [2.24, 2.45) is 0 Å². The minimum absolute atomic E-state index is 0.0315. The standard InChI is InChI=1S/C20H21FN2O2/c1-11-12(2)15-6-7-23-20(25)17(15)10-14(11)8-13-4-5-16(18(21)9-13)19(24)22-3/h4-5,9-10H,6-8H2,1-3H3,(H,22,24)(H,23,25). The van der Waals surface area contributed by atoms with Crippen LogP contribution >= 0.6 is 0 Å². The van der Waals surface area contributed by atoms with Crippen molar-refractivity contribution >= 4 is 11.8 Å². The number of carbonyl (C=O) groups excluding carboxylic acids is 2. The van der Waals surface area contributed by atoms with E-state index in [1.54, 1.807) is 6.07 Å². The Hall–Kier alpha value is -2.69. The summed E-state index contributed by atoms with van der Waals surface area (Å²) < 4.78 is 14.2. The molecule has 5 heteroatoms. The molecule has 4 nitrogen and oxygen atoms in total. The molecule has 2 amide bonds. The molecule has 0 spiro atoms. The number of hydrogen-bond acceptors (Lipinski definition) is 2. The van der Waals surface area contributed by atoms with Gasteiger partial charge in [-0.1, -0.05) is 6.07 Å². The normalized spacial score (nSPS) is 13.2. The van der Waals surface area contributed by atoms with Crippen molar-refractivity contribution in [3.05, 3.63) is 69.0 Å². The van der Waals surface area contributed by atoms with Crippen molar-refractivity contribution in [2.75, 3.05) is 13.6 Å². The largest absolute Gasteiger partial charge is 0.355 e. The molecule has 2 aromatic carbocycles. The molecule has 3 rings (SSSR count). The maximum Gasteiger partial charge on any atom is 0.253 e. The van der Waals surface area contributed by atoms with Gasteiger partial charge in [0.25, 0.3) is 11.8 Å². The third kappa shape index (κ3) is 3.14. The first-order valence-corrected chi connectivity index (χ1v) is 8.33. The molecule has 1 aliphatic rings. The fourth-order valence-electron chi connectivity index (χ4n) is 3.35. The van der Waals surface area contributed by atoms with Gasteiger partial charge < -0.3 is 10.6 Å². The summed E-state index contributed by atoms with van der Waals surface area (Å²) >= 11 is 0. The number of fused-ring (bicyclic) bond motifs is 1. The predicted molar refractivity (Wildman–Crippen MR) is 94.5 cm³/mol. The number of rotatable bonds is 3. The summed E-state index contributed by atoms with van der Waals surface area (Å²) in [6.07, 6.45) is 1.35. The summed E-state index contributed by atoms with van der Waals surface area (Å²) in [6, 6.07) is 6.55. The average Bonchev–Trinajstić information content (AvgIpc) is 2.60. The average molecular weight is 340 g/mol. The van der Waals surface area contributed by atoms with E-state index < -0.39 is 11.7 Å². The maximum atomic E-state index is 14.2. The summed E-state index contributed by atoms with van der Waals surface area (Å²) in [6.45, 7) is 4.73. The topological polar surface area (TPSA) is 58.2 Å². The Labute approximate surface area is 146 Å². The van der Waals surface area contributed by atoms with Crippen LogP contribution in [0.2, 0.25) is 0 Å². The van der Waals surface area contributed by atoms with Gasteiger partial charge in [0.2, 0.25) is 0 Å². The second-order valence-electron chi connectivity index (χ2n) is 6.39. The first-order valence-electron chi connectivity index (χ1n) is 8.33. The highest BCUT2D eigenvalue weighted by molar-refractivity contribution is 5.97. The Bertz CT molecular complexity index is 874. The second-order valence-corrected chi connectivity index (χ2v) is 6.39. The van der Waals surface area contributed by atoms with E-state index in [0.29, 0.717) is 18.5 Å². The van der Waals surface area contributed by atoms with Crippen molar-refractivity contribution in [1.82, 2.24) is 10.6 Å². The third-order valence-corrected chi connectivity index (χ3v) is 4.95. The van der Waals surface area contributed by atoms with E-state index in [1.165, 1.54) is 19.2 Å². The molecule has 0 saturated carbocycles. The molecule has 2 N–H and O–H groups in total. The van der Waals surface area contributed by atoms with E-state index in [4.69, 9.17) is 0 Å². The Morgan fingerprint density at radius 1 is 1.24 bits per heavy atom. The van der Waals surface area contributed by atoms with Gasteiger partial charge in [0, 0.05) is 19.2 Å². The lowest BCUT2D eigenvalue weighted by atomic mass is 9.87. The van der Waals surface area contributed by atoms with Gasteiger partial charge in [-0.15, -0.1) is 0 Å². The summed E-state index contributed by atoms with van der Waals surface area (Å²) in [5.41, 5.74) is 5.88. The van der Waals surface area contributed by atoms with Gasteiger partial charge in [-0.2, -0.15) is 0 Å². The molecular formula is C20H21FN2O2. The second kappa shape index (κ2) is 6.67. The lowest BCUT2D eigenvalue weighted by Gasteiger charge is -2.22. The van der Waals surface area contributed by atoms with Crippen LogP contribution in [0.3, 0.4) is 0 Å². The minimum Gasteiger partial charge on any atom is -0.355 e. The van der Waals surface area contributed by atoms with Gasteiger partial charge in [-0.05, 0) is 72.7 Å². The van der Waals surface area contributed by atoms with E-state index in [-0.39, 0.29) is 11.5 Å². The number of carbonyl (C=O) groups is 2. The highest BCUT2D eigenvalue weighted by Gasteiger charge is 2.21. The lowest BCUT2D eigenvalue weighted by molar-refractivity contribution is 0.0941. The van der Waals surface area contributed by atoms with Crippen LogP contribution in [-0.4, -0.2) is 25.4 Å². The van der Waals surface area contributed by atoms with Crippen LogP contribution in [0.5, 0.6) is 0 Å². The zero-order valence-electron chi connectivity index (χ0n) is 14.6. The molecule has 0 unspecified atom stereocenters. The van der Waals surface area contributed by atoms with Crippen molar-refractivity contribution in [1.29, 1.82) is 0 Å². The van der Waals surface area contributed by atoms with Crippen molar-refractivity contribution in [3.63, 3.8) is 0 Å². The third-order valence-electron chi connectivity index (χ3n) is 4.95. The Balaban J connectivity index is 1.97. The molecule has 0 bridgehead atoms. The van der Waals surface area contributed by atoms with Crippen LogP contribution in [0.25, 0.3) is 0 Å². The molecule has 0 radical (unpaired) electrons. The fraction of sp³-hybridized carbons (Fsp3) is 0.300. The van der Waals surface area contributed by atoms with Gasteiger partial charge >= 0.3 is 0 Å². The molecule has 0 aliphatic carbocycles. The first kappa shape index (κ1) is 17.1. The number of hydrogen-bond donors (Lipinski definition) is 2. The summed E-state index contributed by atoms with van der Waals surface area (Å²) in [4.78, 5) is 23.7. The van der Waals surface area contributed by atoms with Gasteiger partial charge in [0.15, 0.2) is 0 Å². The van der Waals surface area contributed by atoms with E-state index in [1.807, 2.05) is 19.9 Å². The zero-order chi connectivity index (χ0) is 18.1. The molecule has 2 aromatic rings. The SMILES string of the molecule is CNC(=O)c1ccc(Cc2cc3c(c(C)c2C)CCNC3=O)cc1F. The molecule has 0 aromatic heterocycles. The number of halogens is 1. The molecule has 25 heavy (non-hydrogen) atoms. The summed E-state index contributed by atoms with van der Waals surface area (Å²) in [7, 11) is 1.47. The molecule has 130 valence electrons. The van der Waals surface area contributed by atoms with Gasteiger partial charge in [0.05, 0.1) is 5.56 Å². The maximum absolute atomic E-state index is 14.2. The minimum atomic E-state index is -0.540. The van der Waals surface area contributed by atoms with E-state index in [9.17, 15) is 14.0 Å². The van der Waals surface area contributed by atoms with Crippen LogP contribution < -0.4 is 10.6 Å². The highest BCUT2D eigenvalue weighted by atomic mass is 19.1.